The minimum Gasteiger partial charge on any atom is -0.502 e. The van der Waals surface area contributed by atoms with E-state index in [0.29, 0.717) is 17.1 Å². The van der Waals surface area contributed by atoms with Crippen LogP contribution in [-0.2, 0) is 19.1 Å². The number of carbonyl (C=O) groups is 3. The minimum absolute atomic E-state index is 0.0494. The molecule has 11 heteroatoms. The molecule has 1 radical (unpaired) electrons. The van der Waals surface area contributed by atoms with Gasteiger partial charge < -0.3 is 34.1 Å². The second kappa shape index (κ2) is 8.08. The first-order chi connectivity index (χ1) is 17.4. The molecule has 3 aliphatic heterocycles. The Labute approximate surface area is 204 Å². The molecule has 0 saturated carbocycles. The van der Waals surface area contributed by atoms with E-state index in [0.717, 1.165) is 17.2 Å². The summed E-state index contributed by atoms with van der Waals surface area (Å²) in [6.07, 6.45) is 1.14. The van der Waals surface area contributed by atoms with Crippen molar-refractivity contribution in [2.45, 2.75) is 12.0 Å². The standard InChI is InChI=1S/C25H21N2O9/c1-32-17-3-10(4-18(33-2)23(17)29)20-11-5-15-16(36-9-35-15)6-12(11)22(13-8-34-25(31)21(13)20)26-14-7-19(28)27-24(14)30/h3-7,13,20-22,26,29H,8-9H2,1-2H3/t13-,20+,21-,22+/m0/s1. The van der Waals surface area contributed by atoms with Crippen LogP contribution in [0.2, 0.25) is 0 Å². The normalized spacial score (nSPS) is 25.5. The summed E-state index contributed by atoms with van der Waals surface area (Å²) in [5.41, 5.74) is 2.21. The van der Waals surface area contributed by atoms with Gasteiger partial charge in [-0.05, 0) is 41.0 Å². The molecular weight excluding hydrogens is 472 g/mol. The largest absolute Gasteiger partial charge is 0.502 e. The van der Waals surface area contributed by atoms with Gasteiger partial charge >= 0.3 is 5.97 Å². The summed E-state index contributed by atoms with van der Waals surface area (Å²) in [7, 11) is 2.85. The summed E-state index contributed by atoms with van der Waals surface area (Å²) in [6.45, 7) is 0.151. The van der Waals surface area contributed by atoms with Crippen LogP contribution >= 0.6 is 0 Å². The lowest BCUT2D eigenvalue weighted by atomic mass is 9.65. The average Bonchev–Trinajstić information content (AvgIpc) is 3.56. The molecular formula is C25H21N2O9. The number of phenols is 1. The summed E-state index contributed by atoms with van der Waals surface area (Å²) in [5, 5.41) is 17.0. The fraction of sp³-hybridized carbons (Fsp3) is 0.320. The van der Waals surface area contributed by atoms with Crippen molar-refractivity contribution < 1.29 is 43.2 Å². The maximum absolute atomic E-state index is 13.1. The number of nitrogens with zero attached hydrogens (tertiary/aromatic N) is 1. The number of amides is 2. The molecule has 2 amide bonds. The van der Waals surface area contributed by atoms with Crippen molar-refractivity contribution >= 4 is 17.8 Å². The SMILES string of the molecule is COc1cc([C@@H]2c3cc4c(cc3[C@@H](NC3=CC(=O)[N]C3=O)[C@H]3COC(=O)[C@H]23)OCO4)cc(OC)c1O. The van der Waals surface area contributed by atoms with Gasteiger partial charge in [0.1, 0.15) is 5.70 Å². The predicted octanol–water partition coefficient (Wildman–Crippen LogP) is 1.26. The molecule has 4 aliphatic rings. The number of carbonyl (C=O) groups excluding carboxylic acids is 3. The third-order valence-electron chi connectivity index (χ3n) is 7.07. The summed E-state index contributed by atoms with van der Waals surface area (Å²) in [5.74, 6) is -2.01. The van der Waals surface area contributed by atoms with Crippen LogP contribution in [0.5, 0.6) is 28.7 Å². The molecule has 6 rings (SSSR count). The highest BCUT2D eigenvalue weighted by molar-refractivity contribution is 6.15. The van der Waals surface area contributed by atoms with Crippen LogP contribution in [0.1, 0.15) is 28.7 Å². The number of hydrogen-bond donors (Lipinski definition) is 2. The molecule has 1 saturated heterocycles. The number of phenolic OH excluding ortho intramolecular Hbond substituents is 1. The van der Waals surface area contributed by atoms with Crippen molar-refractivity contribution in [3.63, 3.8) is 0 Å². The van der Waals surface area contributed by atoms with E-state index in [9.17, 15) is 19.5 Å². The Morgan fingerprint density at radius 2 is 1.64 bits per heavy atom. The molecule has 3 heterocycles. The number of imide groups is 1. The first-order valence-electron chi connectivity index (χ1n) is 11.2. The molecule has 0 spiro atoms. The second-order valence-corrected chi connectivity index (χ2v) is 8.84. The van der Waals surface area contributed by atoms with Gasteiger partial charge in [0.15, 0.2) is 23.0 Å². The molecule has 185 valence electrons. The number of hydrogen-bond acceptors (Lipinski definition) is 10. The summed E-state index contributed by atoms with van der Waals surface area (Å²) in [6, 6.07) is 6.39. The highest BCUT2D eigenvalue weighted by atomic mass is 16.7. The van der Waals surface area contributed by atoms with Gasteiger partial charge in [-0.15, -0.1) is 0 Å². The quantitative estimate of drug-likeness (QED) is 0.461. The van der Waals surface area contributed by atoms with Crippen LogP contribution in [-0.4, -0.2) is 50.5 Å². The fourth-order valence-corrected chi connectivity index (χ4v) is 5.49. The Morgan fingerprint density at radius 1 is 0.972 bits per heavy atom. The van der Waals surface area contributed by atoms with Gasteiger partial charge in [-0.1, -0.05) is 0 Å². The predicted molar refractivity (Wildman–Crippen MR) is 120 cm³/mol. The molecule has 0 unspecified atom stereocenters. The Balaban J connectivity index is 1.55. The minimum atomic E-state index is -0.667. The lowest BCUT2D eigenvalue weighted by Gasteiger charge is -2.39. The number of benzene rings is 2. The number of esters is 1. The molecule has 2 aromatic carbocycles. The van der Waals surface area contributed by atoms with Crippen LogP contribution in [0.3, 0.4) is 0 Å². The Morgan fingerprint density at radius 3 is 2.25 bits per heavy atom. The van der Waals surface area contributed by atoms with Crippen molar-refractivity contribution in [3.8, 4) is 28.7 Å². The van der Waals surface area contributed by atoms with Gasteiger partial charge in [0.25, 0.3) is 11.8 Å². The number of methoxy groups -OCH3 is 2. The number of cyclic esters (lactones) is 1. The van der Waals surface area contributed by atoms with Gasteiger partial charge in [-0.25, -0.2) is 0 Å². The van der Waals surface area contributed by atoms with E-state index in [1.54, 1.807) is 12.1 Å². The fourth-order valence-electron chi connectivity index (χ4n) is 5.49. The van der Waals surface area contributed by atoms with Crippen molar-refractivity contribution in [1.29, 1.82) is 0 Å². The van der Waals surface area contributed by atoms with Crippen molar-refractivity contribution in [3.05, 3.63) is 52.7 Å². The van der Waals surface area contributed by atoms with Gasteiger partial charge in [0.2, 0.25) is 12.5 Å². The molecule has 11 nitrogen and oxygen atoms in total. The molecule has 0 bridgehead atoms. The molecule has 1 fully saturated rings. The lowest BCUT2D eigenvalue weighted by Crippen LogP contribution is -2.41. The molecule has 36 heavy (non-hydrogen) atoms. The van der Waals surface area contributed by atoms with Gasteiger partial charge in [0, 0.05) is 17.9 Å². The molecule has 1 aliphatic carbocycles. The van der Waals surface area contributed by atoms with Gasteiger partial charge in [-0.2, -0.15) is 5.32 Å². The Hall–Kier alpha value is -4.41. The van der Waals surface area contributed by atoms with Gasteiger partial charge in [-0.3, -0.25) is 14.4 Å². The number of ether oxygens (including phenoxy) is 5. The zero-order chi connectivity index (χ0) is 25.1. The number of nitrogens with one attached hydrogen (secondary N) is 1. The smallest absolute Gasteiger partial charge is 0.310 e. The number of rotatable bonds is 5. The van der Waals surface area contributed by atoms with Crippen molar-refractivity contribution in [2.75, 3.05) is 27.6 Å². The summed E-state index contributed by atoms with van der Waals surface area (Å²) in [4.78, 5) is 37.1. The van der Waals surface area contributed by atoms with Crippen LogP contribution in [0.4, 0.5) is 0 Å². The first kappa shape index (κ1) is 22.1. The molecule has 2 aromatic rings. The second-order valence-electron chi connectivity index (χ2n) is 8.84. The highest BCUT2D eigenvalue weighted by Gasteiger charge is 2.53. The van der Waals surface area contributed by atoms with E-state index in [-0.39, 0.29) is 36.3 Å². The topological polar surface area (TPSA) is 144 Å². The molecule has 2 N–H and O–H groups in total. The maximum atomic E-state index is 13.1. The number of fused-ring (bicyclic) bond motifs is 3. The van der Waals surface area contributed by atoms with Crippen LogP contribution < -0.4 is 29.6 Å². The summed E-state index contributed by atoms with van der Waals surface area (Å²) < 4.78 is 27.5. The van der Waals surface area contributed by atoms with Crippen molar-refractivity contribution in [2.24, 2.45) is 11.8 Å². The maximum Gasteiger partial charge on any atom is 0.310 e. The lowest BCUT2D eigenvalue weighted by molar-refractivity contribution is -0.141. The Bertz CT molecular complexity index is 1330. The van der Waals surface area contributed by atoms with E-state index in [1.807, 2.05) is 12.1 Å². The van der Waals surface area contributed by atoms with E-state index in [2.05, 4.69) is 10.6 Å². The Kier molecular flexibility index (Phi) is 4.95. The third-order valence-corrected chi connectivity index (χ3v) is 7.07. The van der Waals surface area contributed by atoms with Crippen LogP contribution in [0, 0.1) is 11.8 Å². The van der Waals surface area contributed by atoms with E-state index >= 15 is 0 Å². The third kappa shape index (κ3) is 3.23. The zero-order valence-corrected chi connectivity index (χ0v) is 19.3. The first-order valence-corrected chi connectivity index (χ1v) is 11.2. The van der Waals surface area contributed by atoms with E-state index in [4.69, 9.17) is 23.7 Å². The van der Waals surface area contributed by atoms with Crippen LogP contribution in [0.15, 0.2) is 36.0 Å². The molecule has 4 atom stereocenters. The average molecular weight is 493 g/mol. The zero-order valence-electron chi connectivity index (χ0n) is 19.3. The van der Waals surface area contributed by atoms with E-state index < -0.39 is 41.6 Å². The van der Waals surface area contributed by atoms with Crippen LogP contribution in [0.25, 0.3) is 0 Å². The number of aromatic hydroxyl groups is 1. The summed E-state index contributed by atoms with van der Waals surface area (Å²) >= 11 is 0. The van der Waals surface area contributed by atoms with Crippen molar-refractivity contribution in [1.82, 2.24) is 10.6 Å². The van der Waals surface area contributed by atoms with E-state index in [1.165, 1.54) is 14.2 Å². The highest BCUT2D eigenvalue weighted by Crippen LogP contribution is 2.55. The van der Waals surface area contributed by atoms with Gasteiger partial charge in [0.05, 0.1) is 32.8 Å². The monoisotopic (exact) mass is 493 g/mol. The molecule has 0 aromatic heterocycles.